The number of halogens is 2. The van der Waals surface area contributed by atoms with E-state index in [4.69, 9.17) is 11.6 Å². The van der Waals surface area contributed by atoms with Crippen molar-refractivity contribution in [3.05, 3.63) is 33.3 Å². The highest BCUT2D eigenvalue weighted by molar-refractivity contribution is 9.10. The van der Waals surface area contributed by atoms with Crippen molar-refractivity contribution in [3.8, 4) is 0 Å². The van der Waals surface area contributed by atoms with Crippen molar-refractivity contribution in [1.82, 2.24) is 10.2 Å². The normalized spacial score (nSPS) is 21.9. The van der Waals surface area contributed by atoms with Crippen LogP contribution < -0.4 is 5.32 Å². The molecule has 112 valence electrons. The Labute approximate surface area is 136 Å². The molecule has 1 saturated heterocycles. The summed E-state index contributed by atoms with van der Waals surface area (Å²) in [7, 11) is 2.02. The third-order valence-electron chi connectivity index (χ3n) is 4.33. The van der Waals surface area contributed by atoms with Crippen LogP contribution in [0.5, 0.6) is 0 Å². The molecule has 2 nitrogen and oxygen atoms in total. The molecule has 1 N–H and O–H groups in total. The van der Waals surface area contributed by atoms with Crippen molar-refractivity contribution >= 4 is 27.5 Å². The third kappa shape index (κ3) is 4.20. The number of rotatable bonds is 5. The molecule has 0 saturated carbocycles. The van der Waals surface area contributed by atoms with E-state index < -0.39 is 0 Å². The highest BCUT2D eigenvalue weighted by Gasteiger charge is 2.20. The number of nitrogens with one attached hydrogen (secondary N) is 1. The van der Waals surface area contributed by atoms with Crippen LogP contribution in [0.4, 0.5) is 0 Å². The Morgan fingerprint density at radius 1 is 1.45 bits per heavy atom. The summed E-state index contributed by atoms with van der Waals surface area (Å²) < 4.78 is 1.03. The first-order chi connectivity index (χ1) is 9.61. The molecule has 0 radical (unpaired) electrons. The van der Waals surface area contributed by atoms with E-state index in [2.05, 4.69) is 45.2 Å². The average Bonchev–Trinajstić information content (AvgIpc) is 2.43. The van der Waals surface area contributed by atoms with Crippen molar-refractivity contribution in [2.24, 2.45) is 0 Å². The molecule has 1 fully saturated rings. The highest BCUT2D eigenvalue weighted by Crippen LogP contribution is 2.29. The fourth-order valence-corrected chi connectivity index (χ4v) is 3.83. The van der Waals surface area contributed by atoms with Gasteiger partial charge in [0.2, 0.25) is 0 Å². The smallest absolute Gasteiger partial charge is 0.0465 e. The van der Waals surface area contributed by atoms with Crippen LogP contribution in [-0.4, -0.2) is 31.1 Å². The van der Waals surface area contributed by atoms with Gasteiger partial charge >= 0.3 is 0 Å². The van der Waals surface area contributed by atoms with Gasteiger partial charge in [-0.1, -0.05) is 40.0 Å². The second kappa shape index (κ2) is 7.79. The van der Waals surface area contributed by atoms with Crippen LogP contribution >= 0.6 is 27.5 Å². The predicted molar refractivity (Wildman–Crippen MR) is 90.5 cm³/mol. The van der Waals surface area contributed by atoms with Gasteiger partial charge in [0.05, 0.1) is 0 Å². The highest BCUT2D eigenvalue weighted by atomic mass is 79.9. The Balaban J connectivity index is 1.98. The zero-order valence-electron chi connectivity index (χ0n) is 12.3. The van der Waals surface area contributed by atoms with Crippen molar-refractivity contribution in [2.75, 3.05) is 20.1 Å². The number of hydrogen-bond donors (Lipinski definition) is 1. The van der Waals surface area contributed by atoms with Gasteiger partial charge in [0, 0.05) is 28.1 Å². The van der Waals surface area contributed by atoms with Gasteiger partial charge < -0.3 is 10.2 Å². The van der Waals surface area contributed by atoms with Gasteiger partial charge in [0.15, 0.2) is 0 Å². The Morgan fingerprint density at radius 3 is 2.90 bits per heavy atom. The van der Waals surface area contributed by atoms with Crippen LogP contribution in [-0.2, 0) is 0 Å². The maximum absolute atomic E-state index is 6.37. The number of piperidine rings is 1. The van der Waals surface area contributed by atoms with Crippen molar-refractivity contribution in [3.63, 3.8) is 0 Å². The van der Waals surface area contributed by atoms with Gasteiger partial charge in [-0.25, -0.2) is 0 Å². The van der Waals surface area contributed by atoms with Crippen molar-refractivity contribution in [2.45, 2.75) is 44.7 Å². The Bertz CT molecular complexity index is 438. The second-order valence-corrected chi connectivity index (χ2v) is 7.00. The maximum Gasteiger partial charge on any atom is 0.0465 e. The molecular formula is C16H24BrClN2. The lowest BCUT2D eigenvalue weighted by Gasteiger charge is -2.34. The van der Waals surface area contributed by atoms with Gasteiger partial charge in [-0.15, -0.1) is 0 Å². The summed E-state index contributed by atoms with van der Waals surface area (Å²) in [6, 6.07) is 7.21. The molecule has 2 unspecified atom stereocenters. The van der Waals surface area contributed by atoms with Crippen LogP contribution in [0.1, 0.15) is 44.2 Å². The molecule has 1 heterocycles. The van der Waals surface area contributed by atoms with Gasteiger partial charge in [-0.05, 0) is 57.5 Å². The largest absolute Gasteiger partial charge is 0.313 e. The molecular weight excluding hydrogens is 336 g/mol. The van der Waals surface area contributed by atoms with E-state index in [1.54, 1.807) is 0 Å². The first-order valence-corrected chi connectivity index (χ1v) is 8.65. The predicted octanol–water partition coefficient (Wildman–Crippen LogP) is 4.63. The van der Waals surface area contributed by atoms with Gasteiger partial charge in [0.25, 0.3) is 0 Å². The number of nitrogens with zero attached hydrogens (tertiary/aromatic N) is 1. The van der Waals surface area contributed by atoms with Crippen molar-refractivity contribution < 1.29 is 0 Å². The monoisotopic (exact) mass is 358 g/mol. The molecule has 20 heavy (non-hydrogen) atoms. The van der Waals surface area contributed by atoms with Gasteiger partial charge in [0.1, 0.15) is 0 Å². The van der Waals surface area contributed by atoms with Crippen molar-refractivity contribution in [1.29, 1.82) is 0 Å². The molecule has 0 amide bonds. The summed E-state index contributed by atoms with van der Waals surface area (Å²) in [5, 5.41) is 4.24. The molecule has 4 heteroatoms. The quantitative estimate of drug-likeness (QED) is 0.824. The molecule has 1 aliphatic heterocycles. The number of benzene rings is 1. The Morgan fingerprint density at radius 2 is 2.25 bits per heavy atom. The second-order valence-electron chi connectivity index (χ2n) is 5.68. The van der Waals surface area contributed by atoms with E-state index in [1.807, 2.05) is 13.1 Å². The summed E-state index contributed by atoms with van der Waals surface area (Å²) in [5.74, 6) is 0. The first-order valence-electron chi connectivity index (χ1n) is 7.48. The Kier molecular flexibility index (Phi) is 6.34. The minimum atomic E-state index is 0.324. The van der Waals surface area contributed by atoms with Crippen LogP contribution in [0.3, 0.4) is 0 Å². The molecule has 0 bridgehead atoms. The van der Waals surface area contributed by atoms with Gasteiger partial charge in [-0.2, -0.15) is 0 Å². The molecule has 2 rings (SSSR count). The van der Waals surface area contributed by atoms with Crippen LogP contribution in [0.15, 0.2) is 22.7 Å². The molecule has 1 aliphatic rings. The fraction of sp³-hybridized carbons (Fsp3) is 0.625. The zero-order chi connectivity index (χ0) is 14.5. The summed E-state index contributed by atoms with van der Waals surface area (Å²) in [5.41, 5.74) is 1.20. The maximum atomic E-state index is 6.37. The lowest BCUT2D eigenvalue weighted by atomic mass is 10.0. The summed E-state index contributed by atoms with van der Waals surface area (Å²) in [6.45, 7) is 4.73. The van der Waals surface area contributed by atoms with E-state index in [9.17, 15) is 0 Å². The SMILES string of the molecule is CNC(CCN1CCCCC1C)c1ccc(Br)cc1Cl. The standard InChI is InChI=1S/C16H24BrClN2/c1-12-5-3-4-9-20(12)10-8-16(19-2)14-7-6-13(17)11-15(14)18/h6-7,11-12,16,19H,3-5,8-10H2,1-2H3. The van der Waals surface area contributed by atoms with Gasteiger partial charge in [-0.3, -0.25) is 0 Å². The van der Waals surface area contributed by atoms with Crippen LogP contribution in [0.25, 0.3) is 0 Å². The molecule has 2 atom stereocenters. The average molecular weight is 360 g/mol. The summed E-state index contributed by atoms with van der Waals surface area (Å²) in [6.07, 6.45) is 5.16. The lowest BCUT2D eigenvalue weighted by molar-refractivity contribution is 0.154. The van der Waals surface area contributed by atoms with E-state index in [-0.39, 0.29) is 0 Å². The van der Waals surface area contributed by atoms with E-state index in [0.717, 1.165) is 28.5 Å². The molecule has 0 spiro atoms. The minimum Gasteiger partial charge on any atom is -0.313 e. The van der Waals surface area contributed by atoms with E-state index >= 15 is 0 Å². The molecule has 1 aromatic carbocycles. The minimum absolute atomic E-state index is 0.324. The zero-order valence-corrected chi connectivity index (χ0v) is 14.7. The van der Waals surface area contributed by atoms with Crippen LogP contribution in [0.2, 0.25) is 5.02 Å². The van der Waals surface area contributed by atoms with E-state index in [1.165, 1.54) is 31.4 Å². The fourth-order valence-electron chi connectivity index (χ4n) is 3.02. The first kappa shape index (κ1) is 16.3. The molecule has 0 aromatic heterocycles. The summed E-state index contributed by atoms with van der Waals surface area (Å²) in [4.78, 5) is 2.61. The Hall–Kier alpha value is -0.0900. The molecule has 0 aliphatic carbocycles. The summed E-state index contributed by atoms with van der Waals surface area (Å²) >= 11 is 9.83. The number of hydrogen-bond acceptors (Lipinski definition) is 2. The molecule has 1 aromatic rings. The third-order valence-corrected chi connectivity index (χ3v) is 5.15. The van der Waals surface area contributed by atoms with E-state index in [0.29, 0.717) is 6.04 Å². The lowest BCUT2D eigenvalue weighted by Crippen LogP contribution is -2.39. The topological polar surface area (TPSA) is 15.3 Å². The number of likely N-dealkylation sites (tertiary alicyclic amines) is 1. The van der Waals surface area contributed by atoms with Crippen LogP contribution in [0, 0.1) is 0 Å².